The van der Waals surface area contributed by atoms with Gasteiger partial charge in [-0.2, -0.15) is 0 Å². The second-order valence-electron chi connectivity index (χ2n) is 7.65. The molecule has 6 heteroatoms. The van der Waals surface area contributed by atoms with Crippen molar-refractivity contribution in [1.82, 2.24) is 14.4 Å². The van der Waals surface area contributed by atoms with Crippen LogP contribution in [0.25, 0.3) is 10.9 Å². The van der Waals surface area contributed by atoms with Crippen molar-refractivity contribution < 1.29 is 9.59 Å². The van der Waals surface area contributed by atoms with Gasteiger partial charge in [-0.1, -0.05) is 50.2 Å². The van der Waals surface area contributed by atoms with Crippen LogP contribution in [0.2, 0.25) is 0 Å². The molecule has 6 nitrogen and oxygen atoms in total. The van der Waals surface area contributed by atoms with E-state index >= 15 is 0 Å². The molecule has 30 heavy (non-hydrogen) atoms. The molecule has 0 spiro atoms. The monoisotopic (exact) mass is 404 g/mol. The third-order valence-corrected chi connectivity index (χ3v) is 5.88. The molecule has 2 aromatic carbocycles. The minimum Gasteiger partial charge on any atom is -0.341 e. The molecule has 2 heterocycles. The summed E-state index contributed by atoms with van der Waals surface area (Å²) in [5.41, 5.74) is 3.95. The molecule has 0 saturated carbocycles. The quantitative estimate of drug-likeness (QED) is 0.663. The number of anilines is 1. The first kappa shape index (κ1) is 20.2. The zero-order valence-corrected chi connectivity index (χ0v) is 17.6. The highest BCUT2D eigenvalue weighted by molar-refractivity contribution is 6.39. The highest BCUT2D eigenvalue weighted by Crippen LogP contribution is 2.24. The van der Waals surface area contributed by atoms with Crippen molar-refractivity contribution in [3.8, 4) is 0 Å². The molecular weight excluding hydrogens is 376 g/mol. The first-order valence-electron chi connectivity index (χ1n) is 10.6. The minimum absolute atomic E-state index is 0.446. The van der Waals surface area contributed by atoms with Gasteiger partial charge in [-0.15, -0.1) is 0 Å². The van der Waals surface area contributed by atoms with Crippen LogP contribution < -0.4 is 5.32 Å². The molecule has 4 rings (SSSR count). The van der Waals surface area contributed by atoms with E-state index in [1.165, 1.54) is 5.52 Å². The summed E-state index contributed by atoms with van der Waals surface area (Å²) in [4.78, 5) is 29.5. The van der Waals surface area contributed by atoms with Gasteiger partial charge < -0.3 is 14.8 Å². The van der Waals surface area contributed by atoms with Gasteiger partial charge in [0.2, 0.25) is 0 Å². The third-order valence-electron chi connectivity index (χ3n) is 5.88. The van der Waals surface area contributed by atoms with E-state index in [1.807, 2.05) is 36.4 Å². The number of fused-ring (bicyclic) bond motifs is 3. The van der Waals surface area contributed by atoms with E-state index in [0.717, 1.165) is 36.3 Å². The molecule has 156 valence electrons. The van der Waals surface area contributed by atoms with E-state index in [4.69, 9.17) is 0 Å². The van der Waals surface area contributed by atoms with Gasteiger partial charge in [-0.3, -0.25) is 14.5 Å². The number of aromatic nitrogens is 1. The maximum Gasteiger partial charge on any atom is 0.313 e. The number of carbonyl (C=O) groups is 2. The molecular formula is C24H28N4O2. The Labute approximate surface area is 177 Å². The first-order valence-corrected chi connectivity index (χ1v) is 10.6. The summed E-state index contributed by atoms with van der Waals surface area (Å²) in [7, 11) is 0. The Hall–Kier alpha value is -3.12. The standard InChI is InChI=1S/C24H28N4O2/c1-3-26(4-2)16-19-10-5-7-11-21(19)25-23(29)24(30)27-13-14-28-20(17-27)15-18-9-6-8-12-22(18)28/h5-12,15H,3-4,13-14,16-17H2,1-2H3,(H,25,29). The lowest BCUT2D eigenvalue weighted by molar-refractivity contribution is -0.144. The Morgan fingerprint density at radius 3 is 2.53 bits per heavy atom. The highest BCUT2D eigenvalue weighted by atomic mass is 16.2. The maximum absolute atomic E-state index is 12.9. The Kier molecular flexibility index (Phi) is 5.86. The van der Waals surface area contributed by atoms with Crippen LogP contribution in [0.5, 0.6) is 0 Å². The van der Waals surface area contributed by atoms with Crippen LogP contribution in [-0.2, 0) is 29.2 Å². The second-order valence-corrected chi connectivity index (χ2v) is 7.65. The fourth-order valence-electron chi connectivity index (χ4n) is 4.12. The van der Waals surface area contributed by atoms with Crippen molar-refractivity contribution in [2.45, 2.75) is 33.5 Å². The summed E-state index contributed by atoms with van der Waals surface area (Å²) in [6.07, 6.45) is 0. The lowest BCUT2D eigenvalue weighted by Gasteiger charge is -2.28. The molecule has 0 radical (unpaired) electrons. The number of hydrogen-bond acceptors (Lipinski definition) is 3. The van der Waals surface area contributed by atoms with Gasteiger partial charge >= 0.3 is 11.8 Å². The molecule has 0 saturated heterocycles. The molecule has 1 N–H and O–H groups in total. The number of benzene rings is 2. The number of nitrogens with zero attached hydrogens (tertiary/aromatic N) is 3. The number of nitrogens with one attached hydrogen (secondary N) is 1. The summed E-state index contributed by atoms with van der Waals surface area (Å²) in [6.45, 7) is 8.50. The number of rotatable bonds is 5. The normalized spacial score (nSPS) is 13.5. The second kappa shape index (κ2) is 8.71. The van der Waals surface area contributed by atoms with E-state index < -0.39 is 11.8 Å². The van der Waals surface area contributed by atoms with Crippen LogP contribution >= 0.6 is 0 Å². The Morgan fingerprint density at radius 2 is 1.73 bits per heavy atom. The van der Waals surface area contributed by atoms with Gasteiger partial charge in [0.05, 0.1) is 6.54 Å². The van der Waals surface area contributed by atoms with Crippen LogP contribution in [0.4, 0.5) is 5.69 Å². The van der Waals surface area contributed by atoms with Crippen molar-refractivity contribution in [2.24, 2.45) is 0 Å². The molecule has 1 aliphatic heterocycles. The van der Waals surface area contributed by atoms with E-state index in [-0.39, 0.29) is 0 Å². The minimum atomic E-state index is -0.577. The SMILES string of the molecule is CCN(CC)Cc1ccccc1NC(=O)C(=O)N1CCn2c(cc3ccccc32)C1. The topological polar surface area (TPSA) is 57.6 Å². The van der Waals surface area contributed by atoms with Gasteiger partial charge in [-0.05, 0) is 42.2 Å². The van der Waals surface area contributed by atoms with Crippen LogP contribution in [0.1, 0.15) is 25.1 Å². The summed E-state index contributed by atoms with van der Waals surface area (Å²) in [6, 6.07) is 18.0. The van der Waals surface area contributed by atoms with Gasteiger partial charge in [-0.25, -0.2) is 0 Å². The predicted octanol–water partition coefficient (Wildman–Crippen LogP) is 3.46. The first-order chi connectivity index (χ1) is 14.6. The van der Waals surface area contributed by atoms with Gasteiger partial charge in [0.15, 0.2) is 0 Å². The van der Waals surface area contributed by atoms with Crippen LogP contribution in [0.15, 0.2) is 54.6 Å². The largest absolute Gasteiger partial charge is 0.341 e. The molecule has 0 fully saturated rings. The van der Waals surface area contributed by atoms with Crippen LogP contribution in [0.3, 0.4) is 0 Å². The summed E-state index contributed by atoms with van der Waals surface area (Å²) >= 11 is 0. The van der Waals surface area contributed by atoms with Gasteiger partial charge in [0, 0.05) is 36.5 Å². The zero-order chi connectivity index (χ0) is 21.1. The molecule has 0 atom stereocenters. The molecule has 2 amide bonds. The molecule has 3 aromatic rings. The van der Waals surface area contributed by atoms with Crippen molar-refractivity contribution >= 4 is 28.4 Å². The smallest absolute Gasteiger partial charge is 0.313 e. The van der Waals surface area contributed by atoms with E-state index in [0.29, 0.717) is 25.3 Å². The van der Waals surface area contributed by atoms with Crippen molar-refractivity contribution in [3.05, 3.63) is 65.9 Å². The van der Waals surface area contributed by atoms with Crippen molar-refractivity contribution in [3.63, 3.8) is 0 Å². The molecule has 0 aliphatic carbocycles. The Balaban J connectivity index is 1.47. The summed E-state index contributed by atoms with van der Waals surface area (Å²) < 4.78 is 2.23. The maximum atomic E-state index is 12.9. The molecule has 1 aliphatic rings. The molecule has 0 unspecified atom stereocenters. The lowest BCUT2D eigenvalue weighted by atomic mass is 10.1. The van der Waals surface area contributed by atoms with Gasteiger partial charge in [0.25, 0.3) is 0 Å². The highest BCUT2D eigenvalue weighted by Gasteiger charge is 2.27. The van der Waals surface area contributed by atoms with E-state index in [1.54, 1.807) is 4.90 Å². The average molecular weight is 405 g/mol. The van der Waals surface area contributed by atoms with Gasteiger partial charge in [0.1, 0.15) is 0 Å². The number of para-hydroxylation sites is 2. The Morgan fingerprint density at radius 1 is 1.00 bits per heavy atom. The fourth-order valence-corrected chi connectivity index (χ4v) is 4.12. The fraction of sp³-hybridized carbons (Fsp3) is 0.333. The molecule has 0 bridgehead atoms. The van der Waals surface area contributed by atoms with E-state index in [2.05, 4.69) is 46.8 Å². The lowest BCUT2D eigenvalue weighted by Crippen LogP contribution is -2.43. The number of hydrogen-bond donors (Lipinski definition) is 1. The number of amides is 2. The van der Waals surface area contributed by atoms with Crippen molar-refractivity contribution in [1.29, 1.82) is 0 Å². The third kappa shape index (κ3) is 3.96. The zero-order valence-electron chi connectivity index (χ0n) is 17.6. The van der Waals surface area contributed by atoms with E-state index in [9.17, 15) is 9.59 Å². The molecule has 1 aromatic heterocycles. The Bertz CT molecular complexity index is 1070. The predicted molar refractivity (Wildman–Crippen MR) is 119 cm³/mol. The van der Waals surface area contributed by atoms with Crippen LogP contribution in [-0.4, -0.2) is 45.8 Å². The van der Waals surface area contributed by atoms with Crippen molar-refractivity contribution in [2.75, 3.05) is 25.0 Å². The summed E-state index contributed by atoms with van der Waals surface area (Å²) in [5.74, 6) is -1.06. The van der Waals surface area contributed by atoms with Crippen LogP contribution in [0, 0.1) is 0 Å². The summed E-state index contributed by atoms with van der Waals surface area (Å²) in [5, 5.41) is 4.01. The average Bonchev–Trinajstić information content (AvgIpc) is 3.15. The number of carbonyl (C=O) groups excluding carboxylic acids is 2.